The van der Waals surface area contributed by atoms with Gasteiger partial charge in [0.1, 0.15) is 0 Å². The molecule has 2 aromatic heterocycles. The van der Waals surface area contributed by atoms with E-state index >= 15 is 0 Å². The van der Waals surface area contributed by atoms with Gasteiger partial charge in [0.2, 0.25) is 15.9 Å². The van der Waals surface area contributed by atoms with Gasteiger partial charge in [-0.15, -0.1) is 11.3 Å². The number of fused-ring (bicyclic) bond motifs is 1. The molecule has 0 bridgehead atoms. The normalized spacial score (nSPS) is 15.8. The number of halogens is 1. The van der Waals surface area contributed by atoms with E-state index < -0.39 is 10.0 Å². The molecule has 30 heavy (non-hydrogen) atoms. The van der Waals surface area contributed by atoms with Gasteiger partial charge in [0, 0.05) is 36.4 Å². The van der Waals surface area contributed by atoms with Crippen LogP contribution in [0.25, 0.3) is 11.0 Å². The van der Waals surface area contributed by atoms with Crippen molar-refractivity contribution in [2.75, 3.05) is 18.4 Å². The van der Waals surface area contributed by atoms with Crippen LogP contribution in [0.2, 0.25) is 5.15 Å². The summed E-state index contributed by atoms with van der Waals surface area (Å²) in [5.41, 5.74) is 1.85. The van der Waals surface area contributed by atoms with Gasteiger partial charge in [-0.2, -0.15) is 4.31 Å². The van der Waals surface area contributed by atoms with E-state index in [0.29, 0.717) is 29.6 Å². The predicted molar refractivity (Wildman–Crippen MR) is 120 cm³/mol. The molecule has 0 unspecified atom stereocenters. The Balaban J connectivity index is 1.54. The number of piperidine rings is 1. The van der Waals surface area contributed by atoms with Gasteiger partial charge in [0.15, 0.2) is 10.1 Å². The summed E-state index contributed by atoms with van der Waals surface area (Å²) in [5.74, 6) is -0.383. The maximum absolute atomic E-state index is 12.9. The van der Waals surface area contributed by atoms with E-state index in [0.717, 1.165) is 29.8 Å². The Morgan fingerprint density at radius 2 is 2.03 bits per heavy atom. The average Bonchev–Trinajstić information content (AvgIpc) is 3.29. The van der Waals surface area contributed by atoms with E-state index in [1.54, 1.807) is 22.6 Å². The van der Waals surface area contributed by atoms with Crippen LogP contribution in [0.15, 0.2) is 40.7 Å². The molecule has 1 aliphatic rings. The summed E-state index contributed by atoms with van der Waals surface area (Å²) in [6.07, 6.45) is 7.57. The highest BCUT2D eigenvalue weighted by molar-refractivity contribution is 7.89. The van der Waals surface area contributed by atoms with Crippen molar-refractivity contribution < 1.29 is 13.2 Å². The third-order valence-electron chi connectivity index (χ3n) is 5.07. The van der Waals surface area contributed by atoms with Gasteiger partial charge in [-0.25, -0.2) is 13.4 Å². The van der Waals surface area contributed by atoms with Crippen molar-refractivity contribution in [2.24, 2.45) is 0 Å². The first-order valence-corrected chi connectivity index (χ1v) is 12.3. The number of imidazole rings is 1. The van der Waals surface area contributed by atoms with Crippen molar-refractivity contribution in [1.29, 1.82) is 0 Å². The van der Waals surface area contributed by atoms with Crippen LogP contribution in [0.1, 0.15) is 30.5 Å². The zero-order valence-corrected chi connectivity index (χ0v) is 18.7. The van der Waals surface area contributed by atoms with Gasteiger partial charge in [0.05, 0.1) is 10.6 Å². The van der Waals surface area contributed by atoms with E-state index in [4.69, 9.17) is 11.6 Å². The van der Waals surface area contributed by atoms with Crippen LogP contribution in [0, 0.1) is 6.92 Å². The van der Waals surface area contributed by atoms with Crippen LogP contribution in [0.4, 0.5) is 5.69 Å². The number of nitrogens with zero attached hydrogens (tertiary/aromatic N) is 3. The highest BCUT2D eigenvalue weighted by Crippen LogP contribution is 2.26. The molecule has 158 valence electrons. The third-order valence-corrected chi connectivity index (χ3v) is 8.00. The Bertz CT molecular complexity index is 1220. The Morgan fingerprint density at radius 1 is 1.27 bits per heavy atom. The number of anilines is 1. The highest BCUT2D eigenvalue weighted by atomic mass is 35.5. The largest absolute Gasteiger partial charge is 0.322 e. The molecular formula is C20H21ClN4O3S2. The highest BCUT2D eigenvalue weighted by Gasteiger charge is 2.26. The fraction of sp³-hybridized carbons (Fsp3) is 0.300. The van der Waals surface area contributed by atoms with Crippen molar-refractivity contribution in [2.45, 2.75) is 31.1 Å². The Labute approximate surface area is 184 Å². The molecule has 0 aliphatic carbocycles. The number of sulfonamides is 1. The van der Waals surface area contributed by atoms with Gasteiger partial charge in [0.25, 0.3) is 0 Å². The SMILES string of the molecule is Cc1ccc(S(=O)(=O)N2CCCCC2)cc1NC(=O)/C=C/c1c(Cl)nc2sccn12. The van der Waals surface area contributed by atoms with Gasteiger partial charge in [-0.3, -0.25) is 9.20 Å². The maximum Gasteiger partial charge on any atom is 0.248 e. The van der Waals surface area contributed by atoms with Gasteiger partial charge in [-0.1, -0.05) is 24.1 Å². The Kier molecular flexibility index (Phi) is 5.97. The van der Waals surface area contributed by atoms with E-state index in [9.17, 15) is 13.2 Å². The molecule has 4 rings (SSSR count). The van der Waals surface area contributed by atoms with E-state index in [1.165, 1.54) is 27.8 Å². The first-order chi connectivity index (χ1) is 14.4. The maximum atomic E-state index is 12.9. The van der Waals surface area contributed by atoms with Crippen LogP contribution in [0.5, 0.6) is 0 Å². The lowest BCUT2D eigenvalue weighted by Gasteiger charge is -2.26. The number of carbonyl (C=O) groups is 1. The molecule has 0 saturated carbocycles. The second-order valence-electron chi connectivity index (χ2n) is 7.11. The van der Waals surface area contributed by atoms with E-state index in [2.05, 4.69) is 10.3 Å². The minimum Gasteiger partial charge on any atom is -0.322 e. The van der Waals surface area contributed by atoms with Crippen molar-refractivity contribution in [3.63, 3.8) is 0 Å². The number of benzene rings is 1. The molecule has 1 aliphatic heterocycles. The van der Waals surface area contributed by atoms with Crippen LogP contribution in [-0.4, -0.2) is 41.1 Å². The Morgan fingerprint density at radius 3 is 2.80 bits per heavy atom. The molecule has 7 nitrogen and oxygen atoms in total. The van der Waals surface area contributed by atoms with Crippen molar-refractivity contribution in [3.05, 3.63) is 52.3 Å². The summed E-state index contributed by atoms with van der Waals surface area (Å²) < 4.78 is 29.2. The molecule has 1 saturated heterocycles. The van der Waals surface area contributed by atoms with Crippen molar-refractivity contribution in [3.8, 4) is 0 Å². The van der Waals surface area contributed by atoms with Crippen molar-refractivity contribution >= 4 is 55.6 Å². The van der Waals surface area contributed by atoms with Gasteiger partial charge in [-0.05, 0) is 43.5 Å². The lowest BCUT2D eigenvalue weighted by Crippen LogP contribution is -2.35. The fourth-order valence-electron chi connectivity index (χ4n) is 3.41. The molecule has 0 radical (unpaired) electrons. The molecule has 0 spiro atoms. The number of hydrogen-bond acceptors (Lipinski definition) is 5. The minimum atomic E-state index is -3.57. The standard InChI is InChI=1S/C20H21ClN4O3S2/c1-14-5-6-15(30(27,28)24-9-3-2-4-10-24)13-16(14)22-18(26)8-7-17-19(21)23-20-25(17)11-12-29-20/h5-8,11-13H,2-4,9-10H2,1H3,(H,22,26)/b8-7+. The first kappa shape index (κ1) is 21.0. The molecule has 1 aromatic carbocycles. The zero-order chi connectivity index (χ0) is 21.3. The number of rotatable bonds is 5. The molecule has 3 aromatic rings. The molecule has 0 atom stereocenters. The first-order valence-electron chi connectivity index (χ1n) is 9.57. The summed E-state index contributed by atoms with van der Waals surface area (Å²) in [4.78, 5) is 17.6. The molecule has 3 heterocycles. The van der Waals surface area contributed by atoms with Gasteiger partial charge >= 0.3 is 0 Å². The second-order valence-corrected chi connectivity index (χ2v) is 10.3. The molecule has 1 N–H and O–H groups in total. The van der Waals surface area contributed by atoms with Crippen LogP contribution in [0.3, 0.4) is 0 Å². The number of hydrogen-bond donors (Lipinski definition) is 1. The summed E-state index contributed by atoms with van der Waals surface area (Å²) in [7, 11) is -3.57. The zero-order valence-electron chi connectivity index (χ0n) is 16.3. The average molecular weight is 465 g/mol. The lowest BCUT2D eigenvalue weighted by molar-refractivity contribution is -0.111. The topological polar surface area (TPSA) is 83.8 Å². The van der Waals surface area contributed by atoms with Crippen molar-refractivity contribution in [1.82, 2.24) is 13.7 Å². The number of aryl methyl sites for hydroxylation is 1. The van der Waals surface area contributed by atoms with E-state index in [1.807, 2.05) is 18.5 Å². The number of carbonyl (C=O) groups excluding carboxylic acids is 1. The fourth-order valence-corrected chi connectivity index (χ4v) is 5.95. The summed E-state index contributed by atoms with van der Waals surface area (Å²) in [6, 6.07) is 4.82. The lowest BCUT2D eigenvalue weighted by atomic mass is 10.2. The summed E-state index contributed by atoms with van der Waals surface area (Å²) >= 11 is 7.59. The minimum absolute atomic E-state index is 0.188. The predicted octanol–water partition coefficient (Wildman–Crippen LogP) is 4.18. The summed E-state index contributed by atoms with van der Waals surface area (Å²) in [6.45, 7) is 2.88. The monoisotopic (exact) mass is 464 g/mol. The molecular weight excluding hydrogens is 444 g/mol. The number of thiazole rings is 1. The number of aromatic nitrogens is 2. The number of nitrogens with one attached hydrogen (secondary N) is 1. The number of amides is 1. The third kappa shape index (κ3) is 4.15. The van der Waals surface area contributed by atoms with Crippen LogP contribution in [-0.2, 0) is 14.8 Å². The second kappa shape index (κ2) is 8.50. The smallest absolute Gasteiger partial charge is 0.248 e. The quantitative estimate of drug-likeness (QED) is 0.574. The van der Waals surface area contributed by atoms with Crippen LogP contribution < -0.4 is 5.32 Å². The molecule has 1 amide bonds. The molecule has 1 fully saturated rings. The van der Waals surface area contributed by atoms with E-state index in [-0.39, 0.29) is 10.8 Å². The molecule has 10 heteroatoms. The van der Waals surface area contributed by atoms with Gasteiger partial charge < -0.3 is 5.32 Å². The summed E-state index contributed by atoms with van der Waals surface area (Å²) in [5, 5.41) is 4.97. The Hall–Kier alpha value is -2.20. The van der Waals surface area contributed by atoms with Crippen LogP contribution >= 0.6 is 22.9 Å².